The van der Waals surface area contributed by atoms with Crippen molar-refractivity contribution in [3.05, 3.63) is 17.8 Å². The number of carbonyl (C=O) groups is 1. The minimum absolute atomic E-state index is 0.342. The molecule has 2 N–H and O–H groups in total. The third kappa shape index (κ3) is 3.25. The molecule has 0 unspecified atom stereocenters. The lowest BCUT2D eigenvalue weighted by Gasteiger charge is -2.00. The number of nitrogens with zero attached hydrogens (tertiary/aromatic N) is 2. The number of esters is 1. The molecule has 0 aliphatic rings. The Labute approximate surface area is 91.7 Å². The maximum absolute atomic E-state index is 10.8. The van der Waals surface area contributed by atoms with Crippen LogP contribution in [0.1, 0.15) is 5.56 Å². The van der Waals surface area contributed by atoms with Gasteiger partial charge in [-0.15, -0.1) is 0 Å². The molecule has 15 heavy (non-hydrogen) atoms. The highest BCUT2D eigenvalue weighted by Crippen LogP contribution is 2.14. The van der Waals surface area contributed by atoms with E-state index in [1.165, 1.54) is 31.0 Å². The Bertz CT molecular complexity index is 393. The fourth-order valence-corrected chi connectivity index (χ4v) is 1.19. The summed E-state index contributed by atoms with van der Waals surface area (Å²) < 4.78 is 4.45. The van der Waals surface area contributed by atoms with Gasteiger partial charge in [0.2, 0.25) is 0 Å². The number of hydrogen-bond acceptors (Lipinski definition) is 6. The number of carbonyl (C=O) groups excluding carboxylic acids is 1. The van der Waals surface area contributed by atoms with E-state index in [-0.39, 0.29) is 0 Å². The Morgan fingerprint density at radius 1 is 1.67 bits per heavy atom. The number of nitrogen functional groups attached to an aromatic ring is 1. The average molecular weight is 225 g/mol. The largest absolute Gasteiger partial charge is 0.466 e. The SMILES string of the molecule is COC(=O)C=Cc1cnc(SC)nc1N. The molecule has 80 valence electrons. The van der Waals surface area contributed by atoms with Gasteiger partial charge in [0.05, 0.1) is 7.11 Å². The molecule has 0 saturated heterocycles. The second-order valence-electron chi connectivity index (χ2n) is 2.55. The van der Waals surface area contributed by atoms with Gasteiger partial charge < -0.3 is 10.5 Å². The van der Waals surface area contributed by atoms with Crippen LogP contribution >= 0.6 is 11.8 Å². The molecule has 0 spiro atoms. The minimum Gasteiger partial charge on any atom is -0.466 e. The molecule has 0 amide bonds. The molecular formula is C9H11N3O2S. The first kappa shape index (κ1) is 11.5. The highest BCUT2D eigenvalue weighted by atomic mass is 32.2. The summed E-state index contributed by atoms with van der Waals surface area (Å²) in [5.41, 5.74) is 6.25. The Balaban J connectivity index is 2.87. The van der Waals surface area contributed by atoms with E-state index in [4.69, 9.17) is 5.73 Å². The maximum atomic E-state index is 10.8. The lowest BCUT2D eigenvalue weighted by Crippen LogP contribution is -1.98. The van der Waals surface area contributed by atoms with Crippen molar-refractivity contribution in [2.24, 2.45) is 0 Å². The summed E-state index contributed by atoms with van der Waals surface area (Å²) in [6, 6.07) is 0. The van der Waals surface area contributed by atoms with Gasteiger partial charge in [-0.2, -0.15) is 0 Å². The molecule has 0 fully saturated rings. The lowest BCUT2D eigenvalue weighted by molar-refractivity contribution is -0.134. The normalized spacial score (nSPS) is 10.5. The molecule has 1 aromatic heterocycles. The number of nitrogens with two attached hydrogens (primary N) is 1. The van der Waals surface area contributed by atoms with E-state index >= 15 is 0 Å². The Morgan fingerprint density at radius 3 is 2.93 bits per heavy atom. The van der Waals surface area contributed by atoms with E-state index in [0.717, 1.165) is 0 Å². The summed E-state index contributed by atoms with van der Waals surface area (Å²) >= 11 is 1.40. The van der Waals surface area contributed by atoms with Crippen LogP contribution in [0.15, 0.2) is 17.4 Å². The van der Waals surface area contributed by atoms with Gasteiger partial charge in [0.15, 0.2) is 5.16 Å². The Morgan fingerprint density at radius 2 is 2.40 bits per heavy atom. The third-order valence-corrected chi connectivity index (χ3v) is 2.17. The number of ether oxygens (including phenoxy) is 1. The van der Waals surface area contributed by atoms with Crippen LogP contribution in [-0.2, 0) is 9.53 Å². The summed E-state index contributed by atoms with van der Waals surface area (Å²) in [6.45, 7) is 0. The first-order valence-electron chi connectivity index (χ1n) is 4.10. The number of rotatable bonds is 3. The van der Waals surface area contributed by atoms with Crippen LogP contribution in [0.4, 0.5) is 5.82 Å². The zero-order valence-corrected chi connectivity index (χ0v) is 9.25. The van der Waals surface area contributed by atoms with Gasteiger partial charge in [0.1, 0.15) is 5.82 Å². The van der Waals surface area contributed by atoms with Crippen molar-refractivity contribution >= 4 is 29.6 Å². The molecule has 0 atom stereocenters. The van der Waals surface area contributed by atoms with E-state index in [1.54, 1.807) is 6.20 Å². The molecule has 0 radical (unpaired) electrons. The molecule has 0 aliphatic heterocycles. The van der Waals surface area contributed by atoms with Gasteiger partial charge in [0.25, 0.3) is 0 Å². The van der Waals surface area contributed by atoms with Crippen LogP contribution < -0.4 is 5.73 Å². The van der Waals surface area contributed by atoms with E-state index in [2.05, 4.69) is 14.7 Å². The van der Waals surface area contributed by atoms with Gasteiger partial charge >= 0.3 is 5.97 Å². The Hall–Kier alpha value is -1.56. The van der Waals surface area contributed by atoms with Gasteiger partial charge in [-0.05, 0) is 12.3 Å². The first-order valence-corrected chi connectivity index (χ1v) is 5.32. The van der Waals surface area contributed by atoms with Crippen LogP contribution in [0.25, 0.3) is 6.08 Å². The molecule has 0 saturated carbocycles. The minimum atomic E-state index is -0.441. The highest BCUT2D eigenvalue weighted by molar-refractivity contribution is 7.98. The Kier molecular flexibility index (Phi) is 4.11. The van der Waals surface area contributed by atoms with Crippen LogP contribution in [0.5, 0.6) is 0 Å². The zero-order valence-electron chi connectivity index (χ0n) is 8.43. The molecule has 1 rings (SSSR count). The number of hydrogen-bond donors (Lipinski definition) is 1. The van der Waals surface area contributed by atoms with Crippen LogP contribution in [-0.4, -0.2) is 29.3 Å². The van der Waals surface area contributed by atoms with Gasteiger partial charge in [-0.1, -0.05) is 11.8 Å². The number of anilines is 1. The van der Waals surface area contributed by atoms with Crippen LogP contribution in [0.3, 0.4) is 0 Å². The quantitative estimate of drug-likeness (QED) is 0.357. The number of methoxy groups -OCH3 is 1. The van der Waals surface area contributed by atoms with Crippen molar-refractivity contribution in [1.82, 2.24) is 9.97 Å². The van der Waals surface area contributed by atoms with Crippen molar-refractivity contribution in [3.63, 3.8) is 0 Å². The van der Waals surface area contributed by atoms with E-state index < -0.39 is 5.97 Å². The van der Waals surface area contributed by atoms with Crippen molar-refractivity contribution in [2.45, 2.75) is 5.16 Å². The second kappa shape index (κ2) is 5.35. The smallest absolute Gasteiger partial charge is 0.330 e. The fourth-order valence-electron chi connectivity index (χ4n) is 0.840. The summed E-state index contributed by atoms with van der Waals surface area (Å²) in [5.74, 6) is -0.0992. The fraction of sp³-hybridized carbons (Fsp3) is 0.222. The molecule has 0 aliphatic carbocycles. The monoisotopic (exact) mass is 225 g/mol. The number of thioether (sulfide) groups is 1. The predicted molar refractivity (Wildman–Crippen MR) is 59.3 cm³/mol. The van der Waals surface area contributed by atoms with Crippen molar-refractivity contribution in [2.75, 3.05) is 19.1 Å². The molecule has 1 heterocycles. The van der Waals surface area contributed by atoms with E-state index in [1.807, 2.05) is 6.26 Å². The van der Waals surface area contributed by atoms with Crippen molar-refractivity contribution in [1.29, 1.82) is 0 Å². The lowest BCUT2D eigenvalue weighted by atomic mass is 10.3. The first-order chi connectivity index (χ1) is 7.17. The molecule has 0 aromatic carbocycles. The second-order valence-corrected chi connectivity index (χ2v) is 3.33. The van der Waals surface area contributed by atoms with E-state index in [9.17, 15) is 4.79 Å². The summed E-state index contributed by atoms with van der Waals surface area (Å²) in [7, 11) is 1.31. The standard InChI is InChI=1S/C9H11N3O2S/c1-14-7(13)4-3-6-5-11-9(15-2)12-8(6)10/h3-5H,1-2H3,(H2,10,11,12). The summed E-state index contributed by atoms with van der Waals surface area (Å²) in [4.78, 5) is 18.9. The molecule has 1 aromatic rings. The average Bonchev–Trinajstić information content (AvgIpc) is 2.26. The molecule has 6 heteroatoms. The van der Waals surface area contributed by atoms with Crippen molar-refractivity contribution < 1.29 is 9.53 Å². The van der Waals surface area contributed by atoms with Crippen molar-refractivity contribution in [3.8, 4) is 0 Å². The molecular weight excluding hydrogens is 214 g/mol. The molecule has 5 nitrogen and oxygen atoms in total. The predicted octanol–water partition coefficient (Wildman–Crippen LogP) is 0.967. The van der Waals surface area contributed by atoms with Crippen LogP contribution in [0, 0.1) is 0 Å². The molecule has 0 bridgehead atoms. The van der Waals surface area contributed by atoms with Gasteiger partial charge in [-0.3, -0.25) is 0 Å². The van der Waals surface area contributed by atoms with E-state index in [0.29, 0.717) is 16.5 Å². The highest BCUT2D eigenvalue weighted by Gasteiger charge is 2.01. The van der Waals surface area contributed by atoms with Crippen LogP contribution in [0.2, 0.25) is 0 Å². The zero-order chi connectivity index (χ0) is 11.3. The third-order valence-electron chi connectivity index (χ3n) is 1.61. The maximum Gasteiger partial charge on any atom is 0.330 e. The topological polar surface area (TPSA) is 78.1 Å². The van der Waals surface area contributed by atoms with Gasteiger partial charge in [-0.25, -0.2) is 14.8 Å². The van der Waals surface area contributed by atoms with Gasteiger partial charge in [0, 0.05) is 17.8 Å². The number of aromatic nitrogens is 2. The summed E-state index contributed by atoms with van der Waals surface area (Å²) in [5, 5.41) is 0.600. The summed E-state index contributed by atoms with van der Waals surface area (Å²) in [6.07, 6.45) is 6.21.